The minimum absolute atomic E-state index is 0.119. The minimum Gasteiger partial charge on any atom is -0.425 e. The highest BCUT2D eigenvalue weighted by Gasteiger charge is 2.51. The van der Waals surface area contributed by atoms with Crippen molar-refractivity contribution in [2.45, 2.75) is 85.9 Å². The topological polar surface area (TPSA) is 36.3 Å². The van der Waals surface area contributed by atoms with Gasteiger partial charge in [0, 0.05) is 20.4 Å². The number of hydrogen-bond acceptors (Lipinski definition) is 3. The van der Waals surface area contributed by atoms with Crippen LogP contribution in [0.1, 0.15) is 39.1 Å². The molecule has 0 N–H and O–H groups in total. The zero-order valence-electron chi connectivity index (χ0n) is 17.1. The molecule has 0 spiro atoms. The maximum absolute atomic E-state index is 6.41. The molecule has 0 aliphatic carbocycles. The average Bonchev–Trinajstić information content (AvgIpc) is 2.77. The fourth-order valence-electron chi connectivity index (χ4n) is 3.26. The Morgan fingerprint density at radius 3 is 2.33 bits per heavy atom. The van der Waals surface area contributed by atoms with Crippen molar-refractivity contribution in [1.82, 2.24) is 9.78 Å². The van der Waals surface area contributed by atoms with Crippen LogP contribution in [0.25, 0.3) is 0 Å². The Hall–Kier alpha value is -0.588. The zero-order valence-corrected chi connectivity index (χ0v) is 18.1. The Morgan fingerprint density at radius 2 is 1.83 bits per heavy atom. The van der Waals surface area contributed by atoms with Crippen LogP contribution in [-0.2, 0) is 16.1 Å². The van der Waals surface area contributed by atoms with E-state index >= 15 is 0 Å². The van der Waals surface area contributed by atoms with E-state index < -0.39 is 8.07 Å². The van der Waals surface area contributed by atoms with Crippen molar-refractivity contribution in [3.63, 3.8) is 0 Å². The molecule has 1 aliphatic heterocycles. The molecule has 4 nitrogen and oxygen atoms in total. The van der Waals surface area contributed by atoms with Crippen LogP contribution in [0.2, 0.25) is 32.0 Å². The smallest absolute Gasteiger partial charge is 0.331 e. The van der Waals surface area contributed by atoms with E-state index in [9.17, 15) is 0 Å². The van der Waals surface area contributed by atoms with E-state index in [1.165, 1.54) is 17.2 Å². The average molecular weight is 350 g/mol. The van der Waals surface area contributed by atoms with Gasteiger partial charge >= 0.3 is 6.92 Å². The van der Waals surface area contributed by atoms with Gasteiger partial charge in [-0.25, -0.2) is 4.68 Å². The quantitative estimate of drug-likeness (QED) is 0.578. The molecule has 0 unspecified atom stereocenters. The normalized spacial score (nSPS) is 20.0. The molecular formula is C18H35BN2O2Si. The van der Waals surface area contributed by atoms with Crippen molar-refractivity contribution < 1.29 is 9.39 Å². The SMILES string of the molecule is Cc1nn(COCC[Si](C)(C)C)c(C)c1B1CC(C)(C)C(C)(C)O1. The van der Waals surface area contributed by atoms with Gasteiger partial charge in [0.25, 0.3) is 0 Å². The third-order valence-corrected chi connectivity index (χ3v) is 7.44. The predicted molar refractivity (Wildman–Crippen MR) is 105 cm³/mol. The Labute approximate surface area is 149 Å². The van der Waals surface area contributed by atoms with Crippen molar-refractivity contribution >= 4 is 20.5 Å². The summed E-state index contributed by atoms with van der Waals surface area (Å²) in [5.74, 6) is 0. The van der Waals surface area contributed by atoms with Gasteiger partial charge in [0.2, 0.25) is 0 Å². The second kappa shape index (κ2) is 6.62. The molecule has 24 heavy (non-hydrogen) atoms. The first kappa shape index (κ1) is 19.7. The molecule has 0 radical (unpaired) electrons. The van der Waals surface area contributed by atoms with Gasteiger partial charge in [-0.05, 0) is 50.9 Å². The summed E-state index contributed by atoms with van der Waals surface area (Å²) in [6.45, 7) is 21.8. The number of hydrogen-bond donors (Lipinski definition) is 0. The van der Waals surface area contributed by atoms with E-state index in [4.69, 9.17) is 14.5 Å². The van der Waals surface area contributed by atoms with Crippen molar-refractivity contribution in [2.75, 3.05) is 6.61 Å². The molecule has 0 aromatic carbocycles. The summed E-state index contributed by atoms with van der Waals surface area (Å²) in [5, 5.41) is 4.71. The molecule has 136 valence electrons. The molecule has 2 rings (SSSR count). The highest BCUT2D eigenvalue weighted by atomic mass is 28.3. The van der Waals surface area contributed by atoms with E-state index in [-0.39, 0.29) is 17.9 Å². The van der Waals surface area contributed by atoms with Crippen LogP contribution in [0.3, 0.4) is 0 Å². The molecule has 6 heteroatoms. The molecule has 1 aromatic rings. The van der Waals surface area contributed by atoms with Gasteiger partial charge in [-0.3, -0.25) is 0 Å². The molecule has 0 bridgehead atoms. The van der Waals surface area contributed by atoms with E-state index in [2.05, 4.69) is 61.2 Å². The lowest BCUT2D eigenvalue weighted by Crippen LogP contribution is -2.37. The van der Waals surface area contributed by atoms with Crippen LogP contribution < -0.4 is 5.46 Å². The monoisotopic (exact) mass is 350 g/mol. The molecule has 1 aliphatic rings. The molecule has 0 amide bonds. The van der Waals surface area contributed by atoms with Crippen LogP contribution >= 0.6 is 0 Å². The van der Waals surface area contributed by atoms with Crippen molar-refractivity contribution in [1.29, 1.82) is 0 Å². The maximum atomic E-state index is 6.41. The minimum atomic E-state index is -1.04. The van der Waals surface area contributed by atoms with Gasteiger partial charge in [0.05, 0.1) is 11.3 Å². The van der Waals surface area contributed by atoms with Crippen LogP contribution in [0.5, 0.6) is 0 Å². The molecule has 1 aromatic heterocycles. The third-order valence-electron chi connectivity index (χ3n) is 5.73. The number of nitrogens with zero attached hydrogens (tertiary/aromatic N) is 2. The number of ether oxygens (including phenoxy) is 1. The third kappa shape index (κ3) is 4.14. The van der Waals surface area contributed by atoms with Crippen LogP contribution in [0, 0.1) is 19.3 Å². The second-order valence-electron chi connectivity index (χ2n) is 9.64. The largest absolute Gasteiger partial charge is 0.425 e. The lowest BCUT2D eigenvalue weighted by atomic mass is 9.53. The lowest BCUT2D eigenvalue weighted by molar-refractivity contribution is 0.0375. The predicted octanol–water partition coefficient (Wildman–Crippen LogP) is 3.85. The summed E-state index contributed by atoms with van der Waals surface area (Å²) in [6, 6.07) is 1.19. The maximum Gasteiger partial charge on any atom is 0.331 e. The number of aryl methyl sites for hydroxylation is 1. The Kier molecular flexibility index (Phi) is 5.44. The molecule has 1 saturated heterocycles. The first-order valence-electron chi connectivity index (χ1n) is 9.13. The van der Waals surface area contributed by atoms with Crippen LogP contribution in [0.4, 0.5) is 0 Å². The summed E-state index contributed by atoms with van der Waals surface area (Å²) in [4.78, 5) is 0. The van der Waals surface area contributed by atoms with Gasteiger partial charge in [0.1, 0.15) is 6.73 Å². The van der Waals surface area contributed by atoms with Gasteiger partial charge < -0.3 is 9.39 Å². The van der Waals surface area contributed by atoms with Crippen LogP contribution in [-0.4, -0.2) is 37.0 Å². The van der Waals surface area contributed by atoms with E-state index in [1.54, 1.807) is 0 Å². The highest BCUT2D eigenvalue weighted by molar-refractivity contribution is 6.76. The van der Waals surface area contributed by atoms with Gasteiger partial charge in [0.15, 0.2) is 0 Å². The summed E-state index contributed by atoms with van der Waals surface area (Å²) in [5.41, 5.74) is 3.54. The van der Waals surface area contributed by atoms with Gasteiger partial charge in [-0.2, -0.15) is 5.10 Å². The fourth-order valence-corrected chi connectivity index (χ4v) is 4.02. The van der Waals surface area contributed by atoms with E-state index in [0.29, 0.717) is 6.73 Å². The summed E-state index contributed by atoms with van der Waals surface area (Å²) >= 11 is 0. The first-order chi connectivity index (χ1) is 10.8. The van der Waals surface area contributed by atoms with Crippen LogP contribution in [0.15, 0.2) is 0 Å². The van der Waals surface area contributed by atoms with Crippen molar-refractivity contribution in [3.05, 3.63) is 11.4 Å². The Bertz CT molecular complexity index is 575. The van der Waals surface area contributed by atoms with Crippen molar-refractivity contribution in [3.8, 4) is 0 Å². The van der Waals surface area contributed by atoms with Gasteiger partial charge in [-0.1, -0.05) is 33.5 Å². The molecule has 0 atom stereocenters. The lowest BCUT2D eigenvalue weighted by Gasteiger charge is -2.34. The Morgan fingerprint density at radius 1 is 1.21 bits per heavy atom. The summed E-state index contributed by atoms with van der Waals surface area (Å²) in [6.07, 6.45) is 1.03. The Balaban J connectivity index is 2.07. The van der Waals surface area contributed by atoms with E-state index in [0.717, 1.165) is 18.6 Å². The number of aromatic nitrogens is 2. The standard InChI is InChI=1S/C18H35BN2O2Si/c1-14-16(19-12-17(3,4)18(5,6)23-19)15(2)21(20-14)13-22-10-11-24(7,8)9/h10-13H2,1-9H3. The highest BCUT2D eigenvalue weighted by Crippen LogP contribution is 2.45. The summed E-state index contributed by atoms with van der Waals surface area (Å²) in [7, 11) is -1.04. The molecule has 1 fully saturated rings. The molecule has 0 saturated carbocycles. The van der Waals surface area contributed by atoms with Crippen molar-refractivity contribution in [2.24, 2.45) is 5.41 Å². The molecular weight excluding hydrogens is 315 g/mol. The van der Waals surface area contributed by atoms with Gasteiger partial charge in [-0.15, -0.1) is 0 Å². The van der Waals surface area contributed by atoms with E-state index in [1.807, 2.05) is 4.68 Å². The number of rotatable bonds is 6. The zero-order chi connectivity index (χ0) is 18.3. The molecule has 2 heterocycles. The second-order valence-corrected chi connectivity index (χ2v) is 15.3. The summed E-state index contributed by atoms with van der Waals surface area (Å²) < 4.78 is 14.3. The first-order valence-corrected chi connectivity index (χ1v) is 12.8. The fraction of sp³-hybridized carbons (Fsp3) is 0.833.